The standard InChI is InChI=1S/C5H6N2O/c6-3-5-1-2-7(5)4-8/h4-5H,1-2H2/t5-/m0/s1. The summed E-state index contributed by atoms with van der Waals surface area (Å²) in [5.41, 5.74) is 0. The van der Waals surface area contributed by atoms with E-state index in [-0.39, 0.29) is 6.04 Å². The van der Waals surface area contributed by atoms with Gasteiger partial charge in [-0.25, -0.2) is 0 Å². The summed E-state index contributed by atoms with van der Waals surface area (Å²) in [5.74, 6) is 0. The van der Waals surface area contributed by atoms with E-state index in [1.165, 1.54) is 4.90 Å². The van der Waals surface area contributed by atoms with Crippen LogP contribution in [0.2, 0.25) is 0 Å². The molecule has 1 aliphatic heterocycles. The second kappa shape index (κ2) is 1.83. The van der Waals surface area contributed by atoms with Crippen molar-refractivity contribution in [3.63, 3.8) is 0 Å². The molecule has 1 atom stereocenters. The molecule has 0 aromatic rings. The first-order chi connectivity index (χ1) is 3.88. The van der Waals surface area contributed by atoms with Crippen LogP contribution in [0.1, 0.15) is 6.42 Å². The summed E-state index contributed by atoms with van der Waals surface area (Å²) >= 11 is 0. The van der Waals surface area contributed by atoms with Gasteiger partial charge in [0.1, 0.15) is 6.04 Å². The third-order valence-electron chi connectivity index (χ3n) is 1.35. The van der Waals surface area contributed by atoms with Gasteiger partial charge in [-0.3, -0.25) is 4.79 Å². The van der Waals surface area contributed by atoms with Gasteiger partial charge >= 0.3 is 0 Å². The molecule has 1 aliphatic rings. The Morgan fingerprint density at radius 3 is 2.75 bits per heavy atom. The van der Waals surface area contributed by atoms with Crippen molar-refractivity contribution in [2.75, 3.05) is 6.54 Å². The van der Waals surface area contributed by atoms with Crippen LogP contribution in [0, 0.1) is 11.3 Å². The Morgan fingerprint density at radius 1 is 1.88 bits per heavy atom. The van der Waals surface area contributed by atoms with Gasteiger partial charge in [-0.2, -0.15) is 5.26 Å². The van der Waals surface area contributed by atoms with E-state index in [0.29, 0.717) is 0 Å². The molecule has 0 aliphatic carbocycles. The highest BCUT2D eigenvalue weighted by atomic mass is 16.1. The molecule has 0 unspecified atom stereocenters. The van der Waals surface area contributed by atoms with Crippen LogP contribution in [0.4, 0.5) is 0 Å². The molecule has 1 fully saturated rings. The minimum atomic E-state index is -0.132. The van der Waals surface area contributed by atoms with Crippen LogP contribution < -0.4 is 0 Å². The molecule has 0 aromatic carbocycles. The molecular formula is C5H6N2O. The Kier molecular flexibility index (Phi) is 1.17. The summed E-state index contributed by atoms with van der Waals surface area (Å²) in [6, 6.07) is 1.87. The molecule has 1 saturated heterocycles. The van der Waals surface area contributed by atoms with Crippen molar-refractivity contribution in [3.05, 3.63) is 0 Å². The van der Waals surface area contributed by atoms with Crippen molar-refractivity contribution in [2.24, 2.45) is 0 Å². The van der Waals surface area contributed by atoms with Gasteiger partial charge in [0, 0.05) is 6.54 Å². The largest absolute Gasteiger partial charge is 0.329 e. The van der Waals surface area contributed by atoms with Crippen LogP contribution in [0.15, 0.2) is 0 Å². The Bertz CT molecular complexity index is 138. The lowest BCUT2D eigenvalue weighted by Gasteiger charge is -2.32. The van der Waals surface area contributed by atoms with Gasteiger partial charge in [0.05, 0.1) is 6.07 Å². The molecule has 3 heteroatoms. The lowest BCUT2D eigenvalue weighted by Crippen LogP contribution is -2.45. The molecule has 42 valence electrons. The monoisotopic (exact) mass is 110 g/mol. The van der Waals surface area contributed by atoms with Crippen molar-refractivity contribution in [1.29, 1.82) is 5.26 Å². The van der Waals surface area contributed by atoms with E-state index < -0.39 is 0 Å². The predicted octanol–water partition coefficient (Wildman–Crippen LogP) is -0.259. The lowest BCUT2D eigenvalue weighted by molar-refractivity contribution is -0.123. The van der Waals surface area contributed by atoms with E-state index in [2.05, 4.69) is 0 Å². The number of rotatable bonds is 1. The van der Waals surface area contributed by atoms with Crippen LogP contribution in [-0.2, 0) is 4.79 Å². The molecular weight excluding hydrogens is 104 g/mol. The maximum Gasteiger partial charge on any atom is 0.210 e. The third kappa shape index (κ3) is 0.544. The number of carbonyl (C=O) groups excluding carboxylic acids is 1. The number of carbonyl (C=O) groups is 1. The van der Waals surface area contributed by atoms with Crippen LogP contribution >= 0.6 is 0 Å². The lowest BCUT2D eigenvalue weighted by atomic mass is 10.1. The first kappa shape index (κ1) is 5.10. The van der Waals surface area contributed by atoms with E-state index in [1.54, 1.807) is 0 Å². The van der Waals surface area contributed by atoms with Crippen molar-refractivity contribution in [2.45, 2.75) is 12.5 Å². The van der Waals surface area contributed by atoms with Crippen molar-refractivity contribution in [3.8, 4) is 6.07 Å². The summed E-state index contributed by atoms with van der Waals surface area (Å²) in [7, 11) is 0. The minimum Gasteiger partial charge on any atom is -0.329 e. The average molecular weight is 110 g/mol. The van der Waals surface area contributed by atoms with Crippen LogP contribution in [0.5, 0.6) is 0 Å². The van der Waals surface area contributed by atoms with Crippen molar-refractivity contribution >= 4 is 6.41 Å². The zero-order valence-electron chi connectivity index (χ0n) is 4.37. The molecule has 3 nitrogen and oxygen atoms in total. The number of likely N-dealkylation sites (tertiary alicyclic amines) is 1. The zero-order chi connectivity index (χ0) is 5.98. The molecule has 0 N–H and O–H groups in total. The Hall–Kier alpha value is -1.04. The van der Waals surface area contributed by atoms with Gasteiger partial charge in [0.25, 0.3) is 0 Å². The molecule has 0 spiro atoms. The molecule has 8 heavy (non-hydrogen) atoms. The summed E-state index contributed by atoms with van der Waals surface area (Å²) in [5, 5.41) is 8.24. The molecule has 0 radical (unpaired) electrons. The van der Waals surface area contributed by atoms with E-state index in [4.69, 9.17) is 5.26 Å². The van der Waals surface area contributed by atoms with Gasteiger partial charge in [0.15, 0.2) is 0 Å². The number of nitrogens with zero attached hydrogens (tertiary/aromatic N) is 2. The Labute approximate surface area is 47.5 Å². The Morgan fingerprint density at radius 2 is 2.62 bits per heavy atom. The van der Waals surface area contributed by atoms with Crippen molar-refractivity contribution < 1.29 is 4.79 Å². The molecule has 0 bridgehead atoms. The first-order valence-electron chi connectivity index (χ1n) is 2.49. The third-order valence-corrected chi connectivity index (χ3v) is 1.35. The highest BCUT2D eigenvalue weighted by Crippen LogP contribution is 2.12. The van der Waals surface area contributed by atoms with E-state index in [9.17, 15) is 4.79 Å². The van der Waals surface area contributed by atoms with Crippen molar-refractivity contribution in [1.82, 2.24) is 4.90 Å². The summed E-state index contributed by atoms with van der Waals surface area (Å²) in [6.45, 7) is 0.752. The fourth-order valence-corrected chi connectivity index (χ4v) is 0.672. The summed E-state index contributed by atoms with van der Waals surface area (Å²) in [4.78, 5) is 11.4. The fraction of sp³-hybridized carbons (Fsp3) is 0.600. The maximum absolute atomic E-state index is 9.93. The van der Waals surface area contributed by atoms with Gasteiger partial charge < -0.3 is 4.90 Å². The predicted molar refractivity (Wildman–Crippen MR) is 26.8 cm³/mol. The van der Waals surface area contributed by atoms with E-state index in [1.807, 2.05) is 6.07 Å². The molecule has 0 aromatic heterocycles. The number of hydrogen-bond acceptors (Lipinski definition) is 2. The average Bonchev–Trinajstić information content (AvgIpc) is 1.66. The smallest absolute Gasteiger partial charge is 0.210 e. The van der Waals surface area contributed by atoms with Gasteiger partial charge in [0.2, 0.25) is 6.41 Å². The van der Waals surface area contributed by atoms with E-state index in [0.717, 1.165) is 19.4 Å². The summed E-state index contributed by atoms with van der Waals surface area (Å²) < 4.78 is 0. The quantitative estimate of drug-likeness (QED) is 0.436. The topological polar surface area (TPSA) is 44.1 Å². The maximum atomic E-state index is 9.93. The minimum absolute atomic E-state index is 0.132. The SMILES string of the molecule is N#C[C@@H]1CCN1C=O. The highest BCUT2D eigenvalue weighted by molar-refractivity contribution is 5.50. The second-order valence-corrected chi connectivity index (χ2v) is 1.78. The second-order valence-electron chi connectivity index (χ2n) is 1.78. The number of nitriles is 1. The molecule has 1 amide bonds. The highest BCUT2D eigenvalue weighted by Gasteiger charge is 2.25. The molecule has 1 rings (SSSR count). The zero-order valence-corrected chi connectivity index (χ0v) is 4.37. The number of amides is 1. The molecule has 0 saturated carbocycles. The van der Waals surface area contributed by atoms with Crippen LogP contribution in [-0.4, -0.2) is 23.9 Å². The van der Waals surface area contributed by atoms with Crippen LogP contribution in [0.25, 0.3) is 0 Å². The number of hydrogen-bond donors (Lipinski definition) is 0. The van der Waals surface area contributed by atoms with Gasteiger partial charge in [-0.15, -0.1) is 0 Å². The molecule has 1 heterocycles. The first-order valence-corrected chi connectivity index (χ1v) is 2.49. The fourth-order valence-electron chi connectivity index (χ4n) is 0.672. The normalized spacial score (nSPS) is 25.9. The Balaban J connectivity index is 2.40. The van der Waals surface area contributed by atoms with Gasteiger partial charge in [-0.05, 0) is 6.42 Å². The summed E-state index contributed by atoms with van der Waals surface area (Å²) in [6.07, 6.45) is 1.56. The van der Waals surface area contributed by atoms with Crippen LogP contribution in [0.3, 0.4) is 0 Å². The van der Waals surface area contributed by atoms with E-state index >= 15 is 0 Å². The van der Waals surface area contributed by atoms with Gasteiger partial charge in [-0.1, -0.05) is 0 Å².